The van der Waals surface area contributed by atoms with Crippen molar-refractivity contribution in [2.24, 2.45) is 0 Å². The molecule has 0 radical (unpaired) electrons. The van der Waals surface area contributed by atoms with E-state index in [0.717, 1.165) is 0 Å². The van der Waals surface area contributed by atoms with Crippen LogP contribution in [0.25, 0.3) is 5.69 Å². The van der Waals surface area contributed by atoms with Crippen LogP contribution in [0.5, 0.6) is 0 Å². The number of ether oxygens (including phenoxy) is 1. The van der Waals surface area contributed by atoms with Gasteiger partial charge in [0.1, 0.15) is 16.9 Å². The summed E-state index contributed by atoms with van der Waals surface area (Å²) in [6.07, 6.45) is 3.93. The van der Waals surface area contributed by atoms with Gasteiger partial charge in [-0.3, -0.25) is 9.36 Å². The SMILES string of the molecule is CCOC(=O)[C@H](CC)Sc1nnc(CSc2ncccn2)n1-c1ccc(F)cc1. The predicted octanol–water partition coefficient (Wildman–Crippen LogP) is 3.92. The summed E-state index contributed by atoms with van der Waals surface area (Å²) in [4.78, 5) is 20.6. The van der Waals surface area contributed by atoms with Crippen LogP contribution in [0.15, 0.2) is 53.0 Å². The van der Waals surface area contributed by atoms with Crippen LogP contribution >= 0.6 is 23.5 Å². The first-order chi connectivity index (χ1) is 14.1. The third-order valence-corrected chi connectivity index (χ3v) is 5.98. The van der Waals surface area contributed by atoms with E-state index in [2.05, 4.69) is 20.2 Å². The topological polar surface area (TPSA) is 82.8 Å². The number of hydrogen-bond donors (Lipinski definition) is 0. The van der Waals surface area contributed by atoms with E-state index in [4.69, 9.17) is 4.74 Å². The summed E-state index contributed by atoms with van der Waals surface area (Å²) in [6.45, 7) is 4.01. The van der Waals surface area contributed by atoms with Gasteiger partial charge in [0.25, 0.3) is 0 Å². The van der Waals surface area contributed by atoms with Crippen LogP contribution in [0.3, 0.4) is 0 Å². The second-order valence-corrected chi connectivity index (χ2v) is 7.91. The maximum absolute atomic E-state index is 13.4. The summed E-state index contributed by atoms with van der Waals surface area (Å²) < 4.78 is 20.4. The highest BCUT2D eigenvalue weighted by atomic mass is 32.2. The number of thioether (sulfide) groups is 2. The van der Waals surface area contributed by atoms with Crippen LogP contribution in [0.4, 0.5) is 4.39 Å². The molecule has 2 aromatic heterocycles. The summed E-state index contributed by atoms with van der Waals surface area (Å²) in [5, 5.41) is 9.33. The normalized spacial score (nSPS) is 12.0. The second-order valence-electron chi connectivity index (χ2n) is 5.80. The van der Waals surface area contributed by atoms with Crippen molar-refractivity contribution in [2.75, 3.05) is 6.61 Å². The molecule has 0 N–H and O–H groups in total. The Bertz CT molecular complexity index is 938. The summed E-state index contributed by atoms with van der Waals surface area (Å²) in [5.41, 5.74) is 0.710. The van der Waals surface area contributed by atoms with E-state index in [-0.39, 0.29) is 11.8 Å². The Balaban J connectivity index is 1.90. The van der Waals surface area contributed by atoms with Crippen LogP contribution in [0, 0.1) is 5.82 Å². The van der Waals surface area contributed by atoms with Gasteiger partial charge in [0.05, 0.1) is 12.4 Å². The van der Waals surface area contributed by atoms with Gasteiger partial charge >= 0.3 is 5.97 Å². The molecule has 3 aromatic rings. The first-order valence-electron chi connectivity index (χ1n) is 9.05. The van der Waals surface area contributed by atoms with Gasteiger partial charge in [-0.25, -0.2) is 14.4 Å². The molecule has 3 rings (SSSR count). The molecule has 1 atom stereocenters. The maximum atomic E-state index is 13.4. The first kappa shape index (κ1) is 21.3. The number of hydrogen-bond acceptors (Lipinski definition) is 8. The van der Waals surface area contributed by atoms with Crippen LogP contribution in [-0.2, 0) is 15.3 Å². The van der Waals surface area contributed by atoms with Crippen molar-refractivity contribution in [3.63, 3.8) is 0 Å². The Morgan fingerprint density at radius 1 is 1.17 bits per heavy atom. The Morgan fingerprint density at radius 2 is 1.90 bits per heavy atom. The molecule has 10 heteroatoms. The van der Waals surface area contributed by atoms with Crippen molar-refractivity contribution in [1.29, 1.82) is 0 Å². The average Bonchev–Trinajstić information content (AvgIpc) is 3.14. The quantitative estimate of drug-likeness (QED) is 0.285. The van der Waals surface area contributed by atoms with E-state index in [1.165, 1.54) is 35.7 Å². The number of aromatic nitrogens is 5. The fourth-order valence-corrected chi connectivity index (χ4v) is 4.17. The minimum absolute atomic E-state index is 0.290. The van der Waals surface area contributed by atoms with Crippen LogP contribution in [-0.4, -0.2) is 42.6 Å². The van der Waals surface area contributed by atoms with E-state index >= 15 is 0 Å². The molecule has 0 saturated heterocycles. The van der Waals surface area contributed by atoms with Crippen molar-refractivity contribution < 1.29 is 13.9 Å². The molecule has 0 aliphatic heterocycles. The zero-order valence-corrected chi connectivity index (χ0v) is 17.6. The molecule has 0 bridgehead atoms. The van der Waals surface area contributed by atoms with Gasteiger partial charge in [-0.1, -0.05) is 30.4 Å². The molecule has 152 valence electrons. The predicted molar refractivity (Wildman–Crippen MR) is 109 cm³/mol. The number of carbonyl (C=O) groups excluding carboxylic acids is 1. The monoisotopic (exact) mass is 433 g/mol. The van der Waals surface area contributed by atoms with Gasteiger partial charge in [0, 0.05) is 18.1 Å². The minimum Gasteiger partial charge on any atom is -0.465 e. The molecule has 7 nitrogen and oxygen atoms in total. The van der Waals surface area contributed by atoms with Crippen molar-refractivity contribution >= 4 is 29.5 Å². The van der Waals surface area contributed by atoms with Crippen LogP contribution in [0.1, 0.15) is 26.1 Å². The number of esters is 1. The fraction of sp³-hybridized carbons (Fsp3) is 0.316. The van der Waals surface area contributed by atoms with E-state index in [1.807, 2.05) is 11.5 Å². The largest absolute Gasteiger partial charge is 0.465 e. The van der Waals surface area contributed by atoms with E-state index in [0.29, 0.717) is 40.6 Å². The highest BCUT2D eigenvalue weighted by Gasteiger charge is 2.24. The molecule has 0 fully saturated rings. The van der Waals surface area contributed by atoms with Crippen molar-refractivity contribution in [3.8, 4) is 5.69 Å². The molecule has 0 spiro atoms. The van der Waals surface area contributed by atoms with Gasteiger partial charge in [-0.15, -0.1) is 10.2 Å². The molecule has 0 saturated carbocycles. The maximum Gasteiger partial charge on any atom is 0.319 e. The zero-order valence-electron chi connectivity index (χ0n) is 16.0. The van der Waals surface area contributed by atoms with Crippen molar-refractivity contribution in [2.45, 2.75) is 41.6 Å². The van der Waals surface area contributed by atoms with Gasteiger partial charge in [-0.2, -0.15) is 0 Å². The molecule has 0 unspecified atom stereocenters. The smallest absolute Gasteiger partial charge is 0.319 e. The highest BCUT2D eigenvalue weighted by Crippen LogP contribution is 2.30. The Labute approximate surface area is 176 Å². The summed E-state index contributed by atoms with van der Waals surface area (Å²) in [5.74, 6) is 0.491. The molecule has 29 heavy (non-hydrogen) atoms. The van der Waals surface area contributed by atoms with Crippen molar-refractivity contribution in [3.05, 3.63) is 54.4 Å². The Morgan fingerprint density at radius 3 is 2.55 bits per heavy atom. The fourth-order valence-electron chi connectivity index (χ4n) is 2.47. The number of rotatable bonds is 9. The van der Waals surface area contributed by atoms with Gasteiger partial charge in [-0.05, 0) is 43.7 Å². The molecule has 2 heterocycles. The lowest BCUT2D eigenvalue weighted by Crippen LogP contribution is -2.20. The van der Waals surface area contributed by atoms with E-state index in [9.17, 15) is 9.18 Å². The zero-order chi connectivity index (χ0) is 20.6. The molecular weight excluding hydrogens is 413 g/mol. The third-order valence-electron chi connectivity index (χ3n) is 3.83. The average molecular weight is 434 g/mol. The Kier molecular flexibility index (Phi) is 7.59. The number of carbonyl (C=O) groups is 1. The Hall–Kier alpha value is -2.46. The summed E-state index contributed by atoms with van der Waals surface area (Å²) in [6, 6.07) is 7.82. The lowest BCUT2D eigenvalue weighted by molar-refractivity contribution is -0.142. The van der Waals surface area contributed by atoms with Gasteiger partial charge in [0.2, 0.25) is 0 Å². The molecule has 0 aliphatic carbocycles. The van der Waals surface area contributed by atoms with Crippen molar-refractivity contribution in [1.82, 2.24) is 24.7 Å². The molecule has 0 aliphatic rings. The first-order valence-corrected chi connectivity index (χ1v) is 10.9. The highest BCUT2D eigenvalue weighted by molar-refractivity contribution is 8.00. The number of benzene rings is 1. The van der Waals surface area contributed by atoms with Gasteiger partial charge < -0.3 is 4.74 Å². The van der Waals surface area contributed by atoms with E-state index < -0.39 is 5.25 Å². The summed E-state index contributed by atoms with van der Waals surface area (Å²) in [7, 11) is 0. The second kappa shape index (κ2) is 10.4. The van der Waals surface area contributed by atoms with Crippen LogP contribution < -0.4 is 0 Å². The molecular formula is C19H20FN5O2S2. The molecule has 1 aromatic carbocycles. The number of nitrogens with zero attached hydrogens (tertiary/aromatic N) is 5. The molecule has 0 amide bonds. The minimum atomic E-state index is -0.406. The third kappa shape index (κ3) is 5.54. The lowest BCUT2D eigenvalue weighted by atomic mass is 10.3. The van der Waals surface area contributed by atoms with Crippen LogP contribution in [0.2, 0.25) is 0 Å². The van der Waals surface area contributed by atoms with Gasteiger partial charge in [0.15, 0.2) is 10.3 Å². The summed E-state index contributed by atoms with van der Waals surface area (Å²) >= 11 is 2.70. The number of halogens is 1. The van der Waals surface area contributed by atoms with E-state index in [1.54, 1.807) is 37.5 Å². The lowest BCUT2D eigenvalue weighted by Gasteiger charge is -2.14. The standard InChI is InChI=1S/C19H20FN5O2S2/c1-3-15(17(26)27-4-2)29-19-24-23-16(12-28-18-21-10-5-11-22-18)25(19)14-8-6-13(20)7-9-14/h5-11,15H,3-4,12H2,1-2H3/t15-/m0/s1.